The summed E-state index contributed by atoms with van der Waals surface area (Å²) in [5, 5.41) is 2.96. The molecule has 0 aliphatic carbocycles. The Bertz CT molecular complexity index is 493. The van der Waals surface area contributed by atoms with E-state index in [4.69, 9.17) is 0 Å². The molecule has 4 heteroatoms. The van der Waals surface area contributed by atoms with Gasteiger partial charge in [0.1, 0.15) is 0 Å². The minimum Gasteiger partial charge on any atom is -0.342 e. The summed E-state index contributed by atoms with van der Waals surface area (Å²) >= 11 is 0. The van der Waals surface area contributed by atoms with Crippen molar-refractivity contribution in [2.75, 3.05) is 18.4 Å². The molecule has 1 aromatic rings. The smallest absolute Gasteiger partial charge is 0.227 e. The summed E-state index contributed by atoms with van der Waals surface area (Å²) in [6, 6.07) is 9.53. The molecule has 1 N–H and O–H groups in total. The molecule has 0 radical (unpaired) electrons. The van der Waals surface area contributed by atoms with Crippen LogP contribution in [-0.4, -0.2) is 29.8 Å². The second-order valence-electron chi connectivity index (χ2n) is 6.14. The van der Waals surface area contributed by atoms with Gasteiger partial charge in [-0.05, 0) is 31.4 Å². The number of para-hydroxylation sites is 1. The maximum atomic E-state index is 12.3. The molecule has 0 aromatic heterocycles. The molecule has 1 atom stereocenters. The molecule has 0 spiro atoms. The van der Waals surface area contributed by atoms with Gasteiger partial charge in [-0.25, -0.2) is 0 Å². The van der Waals surface area contributed by atoms with Crippen LogP contribution < -0.4 is 5.32 Å². The van der Waals surface area contributed by atoms with Crippen molar-refractivity contribution in [2.24, 2.45) is 11.8 Å². The Hall–Kier alpha value is -1.84. The number of likely N-dealkylation sites (tertiary alicyclic amines) is 1. The molecular formula is C18H26N2O2. The van der Waals surface area contributed by atoms with Crippen LogP contribution in [0.1, 0.15) is 39.5 Å². The van der Waals surface area contributed by atoms with E-state index in [1.807, 2.05) is 42.2 Å². The molecule has 4 nitrogen and oxygen atoms in total. The summed E-state index contributed by atoms with van der Waals surface area (Å²) in [7, 11) is 0. The third-order valence-electron chi connectivity index (χ3n) is 4.36. The molecule has 1 heterocycles. The van der Waals surface area contributed by atoms with Crippen LogP contribution in [-0.2, 0) is 9.59 Å². The highest BCUT2D eigenvalue weighted by molar-refractivity contribution is 5.92. The topological polar surface area (TPSA) is 49.4 Å². The Morgan fingerprint density at radius 3 is 2.45 bits per heavy atom. The molecule has 1 saturated heterocycles. The lowest BCUT2D eigenvalue weighted by molar-refractivity contribution is -0.138. The van der Waals surface area contributed by atoms with Gasteiger partial charge in [-0.1, -0.05) is 38.5 Å². The summed E-state index contributed by atoms with van der Waals surface area (Å²) in [4.78, 5) is 26.5. The molecular weight excluding hydrogens is 276 g/mol. The summed E-state index contributed by atoms with van der Waals surface area (Å²) in [5.74, 6) is 0.411. The van der Waals surface area contributed by atoms with Crippen LogP contribution in [0, 0.1) is 11.8 Å². The van der Waals surface area contributed by atoms with Crippen molar-refractivity contribution < 1.29 is 9.59 Å². The van der Waals surface area contributed by atoms with Crippen molar-refractivity contribution in [2.45, 2.75) is 39.5 Å². The lowest BCUT2D eigenvalue weighted by Crippen LogP contribution is -2.43. The van der Waals surface area contributed by atoms with Crippen LogP contribution in [0.25, 0.3) is 0 Å². The third-order valence-corrected chi connectivity index (χ3v) is 4.36. The first-order chi connectivity index (χ1) is 10.6. The second-order valence-corrected chi connectivity index (χ2v) is 6.14. The van der Waals surface area contributed by atoms with E-state index >= 15 is 0 Å². The van der Waals surface area contributed by atoms with E-state index in [1.165, 1.54) is 0 Å². The van der Waals surface area contributed by atoms with Gasteiger partial charge in [0.2, 0.25) is 11.8 Å². The van der Waals surface area contributed by atoms with E-state index in [-0.39, 0.29) is 23.7 Å². The summed E-state index contributed by atoms with van der Waals surface area (Å²) in [6.45, 7) is 5.49. The van der Waals surface area contributed by atoms with Gasteiger partial charge >= 0.3 is 0 Å². The van der Waals surface area contributed by atoms with E-state index in [2.05, 4.69) is 12.2 Å². The van der Waals surface area contributed by atoms with Crippen LogP contribution in [0.5, 0.6) is 0 Å². The lowest BCUT2D eigenvalue weighted by atomic mass is 9.94. The molecule has 22 heavy (non-hydrogen) atoms. The van der Waals surface area contributed by atoms with Gasteiger partial charge in [0, 0.05) is 30.6 Å². The Morgan fingerprint density at radius 2 is 1.86 bits per heavy atom. The van der Waals surface area contributed by atoms with Gasteiger partial charge in [0.15, 0.2) is 0 Å². The van der Waals surface area contributed by atoms with E-state index in [9.17, 15) is 9.59 Å². The Morgan fingerprint density at radius 1 is 1.23 bits per heavy atom. The number of nitrogens with one attached hydrogen (secondary N) is 1. The molecule has 1 aliphatic heterocycles. The van der Waals surface area contributed by atoms with Crippen molar-refractivity contribution in [3.8, 4) is 0 Å². The maximum absolute atomic E-state index is 12.3. The molecule has 2 amide bonds. The van der Waals surface area contributed by atoms with Crippen molar-refractivity contribution in [3.63, 3.8) is 0 Å². The van der Waals surface area contributed by atoms with Crippen molar-refractivity contribution in [3.05, 3.63) is 30.3 Å². The molecule has 1 aliphatic rings. The van der Waals surface area contributed by atoms with Crippen LogP contribution in [0.3, 0.4) is 0 Å². The number of carbonyl (C=O) groups is 2. The number of amides is 2. The average molecular weight is 302 g/mol. The highest BCUT2D eigenvalue weighted by Gasteiger charge is 2.28. The first kappa shape index (κ1) is 16.5. The summed E-state index contributed by atoms with van der Waals surface area (Å²) in [6.07, 6.45) is 3.47. The Labute approximate surface area is 132 Å². The summed E-state index contributed by atoms with van der Waals surface area (Å²) < 4.78 is 0. The predicted octanol–water partition coefficient (Wildman–Crippen LogP) is 3.30. The van der Waals surface area contributed by atoms with Gasteiger partial charge in [-0.3, -0.25) is 9.59 Å². The molecule has 0 saturated carbocycles. The number of hydrogen-bond acceptors (Lipinski definition) is 2. The number of hydrogen-bond donors (Lipinski definition) is 1. The third kappa shape index (κ3) is 4.33. The largest absolute Gasteiger partial charge is 0.342 e. The quantitative estimate of drug-likeness (QED) is 0.907. The zero-order chi connectivity index (χ0) is 15.9. The number of carbonyl (C=O) groups excluding carboxylic acids is 2. The second kappa shape index (κ2) is 7.97. The fourth-order valence-electron chi connectivity index (χ4n) is 3.00. The Kier molecular flexibility index (Phi) is 5.99. The molecule has 1 fully saturated rings. The minimum absolute atomic E-state index is 0.00531. The molecule has 120 valence electrons. The van der Waals surface area contributed by atoms with Crippen LogP contribution in [0.15, 0.2) is 30.3 Å². The van der Waals surface area contributed by atoms with E-state index in [1.54, 1.807) is 0 Å². The minimum atomic E-state index is 0.00531. The van der Waals surface area contributed by atoms with Crippen molar-refractivity contribution >= 4 is 17.5 Å². The van der Waals surface area contributed by atoms with Crippen molar-refractivity contribution in [1.29, 1.82) is 0 Å². The molecule has 2 rings (SSSR count). The number of rotatable bonds is 5. The first-order valence-electron chi connectivity index (χ1n) is 8.26. The summed E-state index contributed by atoms with van der Waals surface area (Å²) in [5.41, 5.74) is 0.836. The molecule has 0 bridgehead atoms. The van der Waals surface area contributed by atoms with E-state index < -0.39 is 0 Å². The number of piperidine rings is 1. The fourth-order valence-corrected chi connectivity index (χ4v) is 3.00. The lowest BCUT2D eigenvalue weighted by Gasteiger charge is -2.33. The SMILES string of the molecule is CCCC(C)C(=O)N1CCC(C(=O)Nc2ccccc2)CC1. The highest BCUT2D eigenvalue weighted by Crippen LogP contribution is 2.21. The van der Waals surface area contributed by atoms with E-state index in [0.29, 0.717) is 13.1 Å². The highest BCUT2D eigenvalue weighted by atomic mass is 16.2. The Balaban J connectivity index is 1.81. The molecule has 1 unspecified atom stereocenters. The zero-order valence-corrected chi connectivity index (χ0v) is 13.5. The van der Waals surface area contributed by atoms with Gasteiger partial charge in [-0.2, -0.15) is 0 Å². The fraction of sp³-hybridized carbons (Fsp3) is 0.556. The van der Waals surface area contributed by atoms with Gasteiger partial charge in [0.25, 0.3) is 0 Å². The predicted molar refractivity (Wildman–Crippen MR) is 88.4 cm³/mol. The van der Waals surface area contributed by atoms with Crippen molar-refractivity contribution in [1.82, 2.24) is 4.90 Å². The van der Waals surface area contributed by atoms with Crippen LogP contribution >= 0.6 is 0 Å². The monoisotopic (exact) mass is 302 g/mol. The maximum Gasteiger partial charge on any atom is 0.227 e. The number of anilines is 1. The normalized spacial score (nSPS) is 17.1. The standard InChI is InChI=1S/C18H26N2O2/c1-3-7-14(2)18(22)20-12-10-15(11-13-20)17(21)19-16-8-5-4-6-9-16/h4-6,8-9,14-15H,3,7,10-13H2,1-2H3,(H,19,21). The zero-order valence-electron chi connectivity index (χ0n) is 13.5. The van der Waals surface area contributed by atoms with Gasteiger partial charge in [0.05, 0.1) is 0 Å². The van der Waals surface area contributed by atoms with Crippen LogP contribution in [0.4, 0.5) is 5.69 Å². The number of nitrogens with zero attached hydrogens (tertiary/aromatic N) is 1. The van der Waals surface area contributed by atoms with Gasteiger partial charge < -0.3 is 10.2 Å². The van der Waals surface area contributed by atoms with E-state index in [0.717, 1.165) is 31.4 Å². The molecule has 1 aromatic carbocycles. The number of benzene rings is 1. The van der Waals surface area contributed by atoms with Gasteiger partial charge in [-0.15, -0.1) is 0 Å². The average Bonchev–Trinajstić information content (AvgIpc) is 2.55. The van der Waals surface area contributed by atoms with Crippen LogP contribution in [0.2, 0.25) is 0 Å². The first-order valence-corrected chi connectivity index (χ1v) is 8.26.